The Morgan fingerprint density at radius 3 is 2.72 bits per heavy atom. The van der Waals surface area contributed by atoms with Crippen molar-refractivity contribution >= 4 is 34.0 Å². The summed E-state index contributed by atoms with van der Waals surface area (Å²) in [6, 6.07) is 12.2. The fourth-order valence-electron chi connectivity index (χ4n) is 3.80. The number of amides is 1. The fourth-order valence-corrected chi connectivity index (χ4v) is 5.29. The van der Waals surface area contributed by atoms with Gasteiger partial charge in [0.25, 0.3) is 5.56 Å². The molecule has 1 aliphatic rings. The lowest BCUT2D eigenvalue weighted by molar-refractivity contribution is -0.118. The number of thioether (sulfide) groups is 1. The van der Waals surface area contributed by atoms with Crippen LogP contribution in [0.4, 0.5) is 0 Å². The Balaban J connectivity index is 1.06. The van der Waals surface area contributed by atoms with Crippen LogP contribution in [0, 0.1) is 0 Å². The van der Waals surface area contributed by atoms with E-state index in [4.69, 9.17) is 0 Å². The van der Waals surface area contributed by atoms with Crippen LogP contribution in [0.2, 0.25) is 0 Å². The van der Waals surface area contributed by atoms with Crippen LogP contribution in [-0.4, -0.2) is 70.1 Å². The number of hydrogen-bond acceptors (Lipinski definition) is 7. The van der Waals surface area contributed by atoms with Gasteiger partial charge < -0.3 is 10.2 Å². The van der Waals surface area contributed by atoms with Gasteiger partial charge in [0.05, 0.1) is 11.4 Å². The van der Waals surface area contributed by atoms with E-state index >= 15 is 0 Å². The first-order chi connectivity index (χ1) is 15.7. The van der Waals surface area contributed by atoms with Gasteiger partial charge >= 0.3 is 0 Å². The van der Waals surface area contributed by atoms with Crippen LogP contribution >= 0.6 is 23.1 Å². The number of carbonyl (C=O) groups is 1. The zero-order valence-electron chi connectivity index (χ0n) is 18.1. The number of nitrogens with zero attached hydrogens (tertiary/aromatic N) is 4. The van der Waals surface area contributed by atoms with Gasteiger partial charge in [-0.15, -0.1) is 23.1 Å². The Morgan fingerprint density at radius 2 is 1.91 bits per heavy atom. The van der Waals surface area contributed by atoms with E-state index < -0.39 is 0 Å². The third kappa shape index (κ3) is 6.65. The van der Waals surface area contributed by atoms with Crippen LogP contribution in [0.5, 0.6) is 0 Å². The highest BCUT2D eigenvalue weighted by atomic mass is 32.2. The number of hydrogen-bond donors (Lipinski definition) is 1. The summed E-state index contributed by atoms with van der Waals surface area (Å²) in [6.07, 6.45) is 2.69. The largest absolute Gasteiger partial charge is 0.355 e. The fraction of sp³-hybridized carbons (Fsp3) is 0.435. The second kappa shape index (κ2) is 11.6. The molecule has 32 heavy (non-hydrogen) atoms. The van der Waals surface area contributed by atoms with Crippen LogP contribution < -0.4 is 10.9 Å². The van der Waals surface area contributed by atoms with Crippen LogP contribution in [0.1, 0.15) is 17.7 Å². The average Bonchev–Trinajstić information content (AvgIpc) is 3.28. The highest BCUT2D eigenvalue weighted by Crippen LogP contribution is 2.12. The van der Waals surface area contributed by atoms with Crippen molar-refractivity contribution in [2.75, 3.05) is 45.0 Å². The molecule has 1 amide bonds. The van der Waals surface area contributed by atoms with Crippen molar-refractivity contribution in [2.45, 2.75) is 18.7 Å². The first-order valence-electron chi connectivity index (χ1n) is 11.0. The third-order valence-corrected chi connectivity index (χ3v) is 7.25. The van der Waals surface area contributed by atoms with Crippen molar-refractivity contribution in [1.82, 2.24) is 24.5 Å². The van der Waals surface area contributed by atoms with Crippen molar-refractivity contribution in [3.63, 3.8) is 0 Å². The van der Waals surface area contributed by atoms with Gasteiger partial charge in [0.1, 0.15) is 0 Å². The number of piperazine rings is 1. The van der Waals surface area contributed by atoms with Gasteiger partial charge in [-0.2, -0.15) is 0 Å². The highest BCUT2D eigenvalue weighted by Gasteiger charge is 2.16. The first-order valence-corrected chi connectivity index (χ1v) is 13.0. The number of rotatable bonds is 10. The molecule has 170 valence electrons. The lowest BCUT2D eigenvalue weighted by Gasteiger charge is -2.34. The summed E-state index contributed by atoms with van der Waals surface area (Å²) in [5.74, 6) is 0.977. The van der Waals surface area contributed by atoms with Gasteiger partial charge in [-0.3, -0.25) is 18.9 Å². The summed E-state index contributed by atoms with van der Waals surface area (Å²) >= 11 is 2.92. The number of nitrogens with one attached hydrogen (secondary N) is 1. The number of benzene rings is 1. The molecule has 4 rings (SSSR count). The maximum absolute atomic E-state index is 12.1. The maximum atomic E-state index is 12.1. The normalized spacial score (nSPS) is 15.2. The van der Waals surface area contributed by atoms with Crippen molar-refractivity contribution in [3.05, 3.63) is 69.6 Å². The predicted molar refractivity (Wildman–Crippen MR) is 131 cm³/mol. The van der Waals surface area contributed by atoms with Gasteiger partial charge in [0.15, 0.2) is 4.96 Å². The molecule has 0 spiro atoms. The van der Waals surface area contributed by atoms with Crippen LogP contribution in [0.25, 0.3) is 4.96 Å². The topological polar surface area (TPSA) is 69.9 Å². The van der Waals surface area contributed by atoms with Crippen LogP contribution in [0.15, 0.2) is 52.8 Å². The molecule has 1 N–H and O–H groups in total. The van der Waals surface area contributed by atoms with E-state index in [1.807, 2.05) is 5.38 Å². The van der Waals surface area contributed by atoms with Gasteiger partial charge in [0, 0.05) is 62.7 Å². The third-order valence-electron chi connectivity index (χ3n) is 5.53. The van der Waals surface area contributed by atoms with E-state index in [0.29, 0.717) is 23.0 Å². The summed E-state index contributed by atoms with van der Waals surface area (Å²) in [7, 11) is 0. The molecule has 1 fully saturated rings. The van der Waals surface area contributed by atoms with Gasteiger partial charge in [-0.25, -0.2) is 4.98 Å². The molecule has 0 radical (unpaired) electrons. The van der Waals surface area contributed by atoms with Crippen molar-refractivity contribution in [3.8, 4) is 0 Å². The zero-order valence-corrected chi connectivity index (χ0v) is 19.7. The summed E-state index contributed by atoms with van der Waals surface area (Å²) in [5, 5.41) is 4.85. The van der Waals surface area contributed by atoms with Crippen molar-refractivity contribution in [1.29, 1.82) is 0 Å². The Labute approximate surface area is 196 Å². The van der Waals surface area contributed by atoms with Crippen LogP contribution in [0.3, 0.4) is 0 Å². The summed E-state index contributed by atoms with van der Waals surface area (Å²) in [5.41, 5.74) is 2.02. The smallest absolute Gasteiger partial charge is 0.258 e. The lowest BCUT2D eigenvalue weighted by Crippen LogP contribution is -2.46. The minimum absolute atomic E-state index is 0.0385. The molecule has 0 aliphatic carbocycles. The van der Waals surface area contributed by atoms with E-state index in [1.165, 1.54) is 33.1 Å². The highest BCUT2D eigenvalue weighted by molar-refractivity contribution is 7.99. The molecule has 7 nitrogen and oxygen atoms in total. The summed E-state index contributed by atoms with van der Waals surface area (Å²) < 4.78 is 1.54. The van der Waals surface area contributed by atoms with E-state index in [0.717, 1.165) is 51.4 Å². The molecule has 3 heterocycles. The van der Waals surface area contributed by atoms with Gasteiger partial charge in [-0.1, -0.05) is 30.3 Å². The standard InChI is InChI=1S/C23H29N5O2S2/c29-21(18-31-17-20-15-22(30)28-13-14-32-23(28)25-20)24-7-4-8-26-9-11-27(12-10-26)16-19-5-2-1-3-6-19/h1-3,5-6,13-15H,4,7-12,16-18H2,(H,24,29). The molecule has 0 unspecified atom stereocenters. The molecule has 1 aromatic carbocycles. The van der Waals surface area contributed by atoms with Crippen molar-refractivity contribution < 1.29 is 4.79 Å². The molecule has 1 aliphatic heterocycles. The van der Waals surface area contributed by atoms with E-state index in [-0.39, 0.29) is 11.5 Å². The Hall–Kier alpha value is -2.20. The molecule has 3 aromatic rings. The monoisotopic (exact) mass is 471 g/mol. The molecule has 1 saturated heterocycles. The van der Waals surface area contributed by atoms with E-state index in [9.17, 15) is 9.59 Å². The number of aromatic nitrogens is 2. The SMILES string of the molecule is O=C(CSCc1cc(=O)n2ccsc2n1)NCCCN1CCN(Cc2ccccc2)CC1. The summed E-state index contributed by atoms with van der Waals surface area (Å²) in [4.78, 5) is 34.2. The minimum atomic E-state index is -0.0720. The van der Waals surface area contributed by atoms with Gasteiger partial charge in [-0.05, 0) is 18.5 Å². The number of fused-ring (bicyclic) bond motifs is 1. The Morgan fingerprint density at radius 1 is 1.12 bits per heavy atom. The molecular formula is C23H29N5O2S2. The average molecular weight is 472 g/mol. The number of carbonyl (C=O) groups excluding carboxylic acids is 1. The zero-order chi connectivity index (χ0) is 22.2. The molecule has 0 bridgehead atoms. The Bertz CT molecular complexity index is 1060. The van der Waals surface area contributed by atoms with Gasteiger partial charge in [0.2, 0.25) is 5.91 Å². The molecule has 2 aromatic heterocycles. The quantitative estimate of drug-likeness (QED) is 0.458. The maximum Gasteiger partial charge on any atom is 0.258 e. The molecule has 0 atom stereocenters. The second-order valence-corrected chi connectivity index (χ2v) is 9.80. The molecular weight excluding hydrogens is 442 g/mol. The van der Waals surface area contributed by atoms with E-state index in [2.05, 4.69) is 50.4 Å². The lowest BCUT2D eigenvalue weighted by atomic mass is 10.2. The van der Waals surface area contributed by atoms with Crippen LogP contribution in [-0.2, 0) is 17.1 Å². The second-order valence-electron chi connectivity index (χ2n) is 7.94. The Kier molecular flexibility index (Phi) is 8.33. The molecule has 9 heteroatoms. The minimum Gasteiger partial charge on any atom is -0.355 e. The van der Waals surface area contributed by atoms with Crippen molar-refractivity contribution in [2.24, 2.45) is 0 Å². The predicted octanol–water partition coefficient (Wildman–Crippen LogP) is 2.31. The number of thiazole rings is 1. The summed E-state index contributed by atoms with van der Waals surface area (Å²) in [6.45, 7) is 7.08. The molecule has 0 saturated carbocycles. The van der Waals surface area contributed by atoms with E-state index in [1.54, 1.807) is 12.3 Å². The first kappa shape index (κ1) is 23.0.